The molecule has 1 aromatic carbocycles. The van der Waals surface area contributed by atoms with Crippen molar-refractivity contribution in [2.45, 2.75) is 71.1 Å². The monoisotopic (exact) mass is 456 g/mol. The molecule has 0 aliphatic heterocycles. The Morgan fingerprint density at radius 2 is 1.91 bits per heavy atom. The predicted octanol–water partition coefficient (Wildman–Crippen LogP) is 7.01. The number of Topliss-reactive ketones (excluding diaryl/α,β-unsaturated/α-hetero) is 1. The van der Waals surface area contributed by atoms with E-state index >= 15 is 0 Å². The van der Waals surface area contributed by atoms with Crippen molar-refractivity contribution in [1.29, 1.82) is 0 Å². The van der Waals surface area contributed by atoms with Gasteiger partial charge in [-0.15, -0.1) is 11.3 Å². The normalized spacial score (nSPS) is 37.9. The molecule has 170 valence electrons. The van der Waals surface area contributed by atoms with Gasteiger partial charge in [-0.1, -0.05) is 13.8 Å². The number of ketones is 1. The molecule has 6 atom stereocenters. The van der Waals surface area contributed by atoms with E-state index in [4.69, 9.17) is 4.98 Å². The van der Waals surface area contributed by atoms with E-state index in [2.05, 4.69) is 19.2 Å². The molecule has 0 amide bonds. The highest BCUT2D eigenvalue weighted by Crippen LogP contribution is 2.67. The standard InChI is InChI=1S/C26H30F2N2OS/c1-25-12-10-21-23(32-24(30-21)29-20-7-3-14(27)13-19(20)28)18(25)5-4-15-16-6-8-22(31)26(16,2)11-9-17(15)25/h3,7,13,15-18H,4-6,8-12H2,1-2H3,(H,29,30)/t15-,16-,17-,18?,25+,26-/m0/s1. The minimum atomic E-state index is -0.597. The van der Waals surface area contributed by atoms with Gasteiger partial charge in [-0.2, -0.15) is 0 Å². The molecule has 32 heavy (non-hydrogen) atoms. The van der Waals surface area contributed by atoms with Crippen LogP contribution in [0.1, 0.15) is 75.3 Å². The summed E-state index contributed by atoms with van der Waals surface area (Å²) >= 11 is 1.65. The van der Waals surface area contributed by atoms with E-state index in [1.54, 1.807) is 11.3 Å². The van der Waals surface area contributed by atoms with Crippen molar-refractivity contribution >= 4 is 27.9 Å². The lowest BCUT2D eigenvalue weighted by Crippen LogP contribution is -2.52. The molecule has 0 radical (unpaired) electrons. The highest BCUT2D eigenvalue weighted by atomic mass is 32.1. The molecule has 1 aromatic heterocycles. The lowest BCUT2D eigenvalue weighted by atomic mass is 9.46. The number of aromatic nitrogens is 1. The minimum Gasteiger partial charge on any atom is -0.329 e. The number of rotatable bonds is 2. The number of fused-ring (bicyclic) bond motifs is 7. The summed E-state index contributed by atoms with van der Waals surface area (Å²) in [5.41, 5.74) is 1.58. The molecule has 4 aliphatic rings. The summed E-state index contributed by atoms with van der Waals surface area (Å²) in [7, 11) is 0. The molecule has 6 heteroatoms. The third-order valence-corrected chi connectivity index (χ3v) is 10.8. The van der Waals surface area contributed by atoms with Crippen molar-refractivity contribution < 1.29 is 13.6 Å². The van der Waals surface area contributed by atoms with Crippen LogP contribution in [-0.4, -0.2) is 10.8 Å². The fourth-order valence-electron chi connectivity index (χ4n) is 7.98. The molecule has 3 nitrogen and oxygen atoms in total. The second kappa shape index (κ2) is 7.09. The van der Waals surface area contributed by atoms with Crippen molar-refractivity contribution in [2.75, 3.05) is 5.32 Å². The van der Waals surface area contributed by atoms with Crippen LogP contribution in [0.2, 0.25) is 0 Å². The first-order valence-corrected chi connectivity index (χ1v) is 12.9. The SMILES string of the molecule is C[C@]12CCc3nc(Nc4ccc(F)cc4F)sc3C1CC[C@@H]1[C@@H]2CC[C@]2(C)C(=O)CC[C@@H]12. The maximum atomic E-state index is 14.2. The summed E-state index contributed by atoms with van der Waals surface area (Å²) in [6.07, 6.45) is 8.51. The van der Waals surface area contributed by atoms with Crippen molar-refractivity contribution in [2.24, 2.45) is 28.6 Å². The number of aryl methyl sites for hydroxylation is 1. The Hall–Kier alpha value is -1.82. The maximum absolute atomic E-state index is 14.2. The molecule has 0 saturated heterocycles. The van der Waals surface area contributed by atoms with Crippen LogP contribution in [0.5, 0.6) is 0 Å². The number of thiazole rings is 1. The molecule has 0 spiro atoms. The van der Waals surface area contributed by atoms with Gasteiger partial charge in [-0.05, 0) is 80.2 Å². The highest BCUT2D eigenvalue weighted by molar-refractivity contribution is 7.15. The Kier molecular flexibility index (Phi) is 4.60. The Balaban J connectivity index is 1.29. The van der Waals surface area contributed by atoms with Crippen molar-refractivity contribution in [1.82, 2.24) is 4.98 Å². The van der Waals surface area contributed by atoms with E-state index in [1.807, 2.05) is 0 Å². The predicted molar refractivity (Wildman–Crippen MR) is 122 cm³/mol. The number of hydrogen-bond acceptors (Lipinski definition) is 4. The lowest BCUT2D eigenvalue weighted by molar-refractivity contribution is -0.134. The van der Waals surface area contributed by atoms with E-state index in [1.165, 1.54) is 23.4 Å². The zero-order valence-electron chi connectivity index (χ0n) is 18.7. The summed E-state index contributed by atoms with van der Waals surface area (Å²) in [4.78, 5) is 18.8. The largest absolute Gasteiger partial charge is 0.329 e. The average molecular weight is 457 g/mol. The molecular weight excluding hydrogens is 426 g/mol. The molecule has 1 N–H and O–H groups in total. The third kappa shape index (κ3) is 2.87. The van der Waals surface area contributed by atoms with E-state index in [0.717, 1.165) is 56.7 Å². The minimum absolute atomic E-state index is 0.0784. The number of benzene rings is 1. The van der Waals surface area contributed by atoms with Crippen LogP contribution < -0.4 is 5.32 Å². The summed E-state index contributed by atoms with van der Waals surface area (Å²) in [6, 6.07) is 3.60. The second-order valence-electron chi connectivity index (χ2n) is 11.0. The number of halogens is 2. The molecule has 6 rings (SSSR count). The Labute approximate surface area is 192 Å². The molecule has 2 aromatic rings. The van der Waals surface area contributed by atoms with Gasteiger partial charge in [-0.3, -0.25) is 4.79 Å². The molecule has 3 fully saturated rings. The first kappa shape index (κ1) is 20.8. The van der Waals surface area contributed by atoms with E-state index in [9.17, 15) is 13.6 Å². The van der Waals surface area contributed by atoms with Gasteiger partial charge in [0.25, 0.3) is 0 Å². The average Bonchev–Trinajstić information content (AvgIpc) is 3.30. The summed E-state index contributed by atoms with van der Waals surface area (Å²) in [6.45, 7) is 4.73. The van der Waals surface area contributed by atoms with Gasteiger partial charge in [0, 0.05) is 28.7 Å². The summed E-state index contributed by atoms with van der Waals surface area (Å²) in [5, 5.41) is 3.79. The van der Waals surface area contributed by atoms with Crippen LogP contribution in [0.25, 0.3) is 0 Å². The van der Waals surface area contributed by atoms with Crippen LogP contribution in [0.15, 0.2) is 18.2 Å². The van der Waals surface area contributed by atoms with Crippen molar-refractivity contribution in [3.63, 3.8) is 0 Å². The Bertz CT molecular complexity index is 1100. The van der Waals surface area contributed by atoms with Crippen LogP contribution in [0, 0.1) is 40.2 Å². The molecule has 0 bridgehead atoms. The van der Waals surface area contributed by atoms with E-state index in [-0.39, 0.29) is 16.5 Å². The number of carbonyl (C=O) groups is 1. The van der Waals surface area contributed by atoms with Gasteiger partial charge in [0.2, 0.25) is 0 Å². The first-order chi connectivity index (χ1) is 15.3. The van der Waals surface area contributed by atoms with Gasteiger partial charge in [0.05, 0.1) is 11.4 Å². The number of anilines is 2. The fraction of sp³-hybridized carbons (Fsp3) is 0.615. The Morgan fingerprint density at radius 3 is 2.72 bits per heavy atom. The first-order valence-electron chi connectivity index (χ1n) is 12.0. The van der Waals surface area contributed by atoms with Gasteiger partial charge in [0.15, 0.2) is 5.13 Å². The number of hydrogen-bond donors (Lipinski definition) is 1. The topological polar surface area (TPSA) is 42.0 Å². The molecule has 4 aliphatic carbocycles. The number of carbonyl (C=O) groups excluding carboxylic acids is 1. The van der Waals surface area contributed by atoms with Crippen molar-refractivity contribution in [3.8, 4) is 0 Å². The van der Waals surface area contributed by atoms with Gasteiger partial charge >= 0.3 is 0 Å². The van der Waals surface area contributed by atoms with Crippen LogP contribution in [0.3, 0.4) is 0 Å². The molecule has 3 saturated carbocycles. The maximum Gasteiger partial charge on any atom is 0.187 e. The van der Waals surface area contributed by atoms with Crippen molar-refractivity contribution in [3.05, 3.63) is 40.4 Å². The number of nitrogens with zero attached hydrogens (tertiary/aromatic N) is 1. The van der Waals surface area contributed by atoms with Gasteiger partial charge in [0.1, 0.15) is 17.4 Å². The fourth-order valence-corrected chi connectivity index (χ4v) is 9.30. The van der Waals surface area contributed by atoms with Crippen LogP contribution in [-0.2, 0) is 11.2 Å². The van der Waals surface area contributed by atoms with Gasteiger partial charge < -0.3 is 5.32 Å². The third-order valence-electron chi connectivity index (χ3n) is 9.70. The second-order valence-corrected chi connectivity index (χ2v) is 12.0. The van der Waals surface area contributed by atoms with E-state index in [0.29, 0.717) is 34.6 Å². The molecule has 1 unspecified atom stereocenters. The Morgan fingerprint density at radius 1 is 1.06 bits per heavy atom. The molecule has 1 heterocycles. The highest BCUT2D eigenvalue weighted by Gasteiger charge is 2.60. The van der Waals surface area contributed by atoms with E-state index < -0.39 is 11.6 Å². The molecular formula is C26H30F2N2OS. The summed E-state index contributed by atoms with van der Waals surface area (Å²) < 4.78 is 27.4. The van der Waals surface area contributed by atoms with Crippen LogP contribution >= 0.6 is 11.3 Å². The quantitative estimate of drug-likeness (QED) is 0.529. The van der Waals surface area contributed by atoms with Gasteiger partial charge in [-0.25, -0.2) is 13.8 Å². The summed E-state index contributed by atoms with van der Waals surface area (Å²) in [5.74, 6) is 1.72. The zero-order chi connectivity index (χ0) is 22.3. The zero-order valence-corrected chi connectivity index (χ0v) is 19.5. The smallest absolute Gasteiger partial charge is 0.187 e. The number of nitrogens with one attached hydrogen (secondary N) is 1. The van der Waals surface area contributed by atoms with Crippen LogP contribution in [0.4, 0.5) is 19.6 Å². The lowest BCUT2D eigenvalue weighted by Gasteiger charge is -2.59.